The highest BCUT2D eigenvalue weighted by atomic mass is 19.4. The van der Waals surface area contributed by atoms with Crippen molar-refractivity contribution >= 4 is 33.8 Å². The summed E-state index contributed by atoms with van der Waals surface area (Å²) in [5.74, 6) is 0.149. The Kier molecular flexibility index (Phi) is 18.0. The predicted octanol–water partition coefficient (Wildman–Crippen LogP) is 15.2. The van der Waals surface area contributed by atoms with Crippen LogP contribution in [0.15, 0.2) is 128 Å². The van der Waals surface area contributed by atoms with Crippen molar-refractivity contribution in [3.63, 3.8) is 0 Å². The van der Waals surface area contributed by atoms with Gasteiger partial charge in [-0.1, -0.05) is 105 Å². The molecule has 0 radical (unpaired) electrons. The molecule has 0 aliphatic carbocycles. The predicted molar refractivity (Wildman–Crippen MR) is 235 cm³/mol. The van der Waals surface area contributed by atoms with E-state index in [1.807, 2.05) is 47.3 Å². The van der Waals surface area contributed by atoms with E-state index in [0.717, 1.165) is 12.0 Å². The molecular weight excluding hydrogens is 1110 g/mol. The van der Waals surface area contributed by atoms with E-state index < -0.39 is 195 Å². The summed E-state index contributed by atoms with van der Waals surface area (Å²) in [6.07, 6.45) is -44.5. The van der Waals surface area contributed by atoms with Gasteiger partial charge in [-0.25, -0.2) is 0 Å². The molecule has 0 unspecified atom stereocenters. The van der Waals surface area contributed by atoms with Crippen molar-refractivity contribution in [2.75, 3.05) is 0 Å². The fourth-order valence-corrected chi connectivity index (χ4v) is 8.47. The van der Waals surface area contributed by atoms with Crippen molar-refractivity contribution in [3.05, 3.63) is 183 Å². The SMILES string of the molecule is CCCCCCc1cc[n+](CC(=O)c2ccccc2)cc1.FC(F)(F)c1cc([B-](c2cc(C(F)(F)F)cc(C(F)(F)F)c2)(c2cc(C(F)(F)F)cc(C(F)(F)F)c2)c2cc(C(F)(F)F)cc(C(F)(F)F)c2)cc(C(F)(F)F)c1. The summed E-state index contributed by atoms with van der Waals surface area (Å²) in [4.78, 5) is 12.1. The molecule has 1 heterocycles. The molecule has 0 aliphatic heterocycles. The van der Waals surface area contributed by atoms with Crippen LogP contribution in [-0.2, 0) is 62.4 Å². The first-order valence-corrected chi connectivity index (χ1v) is 22.5. The zero-order chi connectivity index (χ0) is 58.8. The lowest BCUT2D eigenvalue weighted by atomic mass is 9.12. The third-order valence-electron chi connectivity index (χ3n) is 12.1. The van der Waals surface area contributed by atoms with E-state index in [1.54, 1.807) is 0 Å². The van der Waals surface area contributed by atoms with E-state index >= 15 is 0 Å². The highest BCUT2D eigenvalue weighted by Crippen LogP contribution is 2.41. The minimum Gasteiger partial charge on any atom is -0.287 e. The standard InChI is InChI=1S/C32H12BF24.C19H24NO/c34-25(35,36)13-1-14(26(37,38)39)6-21(5-13)33(22-7-15(27(40,41)42)2-16(8-22)28(43,44)45,23-9-17(29(46,47)48)3-18(10-23)30(49,50)51)24-11-19(31(52,53)54)4-20(12-24)32(55,56)57;1-2-3-4-6-9-17-12-14-20(15-13-17)16-19(21)18-10-7-5-8-11-18/h1-12H;5,7-8,10-15H,2-4,6,9,16H2,1H3/q-1;+1. The lowest BCUT2D eigenvalue weighted by Gasteiger charge is -2.46. The summed E-state index contributed by atoms with van der Waals surface area (Å²) in [6, 6.07) is 4.91. The smallest absolute Gasteiger partial charge is 0.287 e. The summed E-state index contributed by atoms with van der Waals surface area (Å²) in [5.41, 5.74) is -28.1. The molecule has 5 aromatic carbocycles. The highest BCUT2D eigenvalue weighted by molar-refractivity contribution is 7.20. The number of ketones is 1. The van der Waals surface area contributed by atoms with Gasteiger partial charge in [-0.15, -0.1) is 0 Å². The van der Waals surface area contributed by atoms with Gasteiger partial charge < -0.3 is 0 Å². The number of unbranched alkanes of at least 4 members (excludes halogenated alkanes) is 3. The number of rotatable bonds is 12. The molecule has 0 saturated heterocycles. The first-order valence-electron chi connectivity index (χ1n) is 22.5. The molecule has 0 N–H and O–H groups in total. The molecule has 0 spiro atoms. The van der Waals surface area contributed by atoms with E-state index in [4.69, 9.17) is 0 Å². The maximum Gasteiger partial charge on any atom is 0.416 e. The van der Waals surface area contributed by atoms with E-state index in [2.05, 4.69) is 19.1 Å². The average molecular weight is 1150 g/mol. The Hall–Kier alpha value is -6.70. The molecule has 0 atom stereocenters. The van der Waals surface area contributed by atoms with Crippen molar-refractivity contribution in [2.45, 2.75) is 95.0 Å². The molecular formula is C51H36BF24NO. The zero-order valence-corrected chi connectivity index (χ0v) is 39.4. The number of halogens is 24. The molecule has 0 saturated carbocycles. The fourth-order valence-electron chi connectivity index (χ4n) is 8.47. The molecule has 0 bridgehead atoms. The molecule has 27 heteroatoms. The third-order valence-corrected chi connectivity index (χ3v) is 12.1. The van der Waals surface area contributed by atoms with E-state index in [9.17, 15) is 110 Å². The monoisotopic (exact) mass is 1150 g/mol. The van der Waals surface area contributed by atoms with Crippen molar-refractivity contribution < 1.29 is 115 Å². The summed E-state index contributed by atoms with van der Waals surface area (Å²) in [5, 5.41) is 0. The Bertz CT molecular complexity index is 2600. The second-order valence-corrected chi connectivity index (χ2v) is 17.7. The Balaban J connectivity index is 0.000000443. The number of nitrogens with zero attached hydrogens (tertiary/aromatic N) is 1. The average Bonchev–Trinajstić information content (AvgIpc) is 3.31. The lowest BCUT2D eigenvalue weighted by Crippen LogP contribution is -2.75. The Morgan fingerprint density at radius 3 is 0.885 bits per heavy atom. The van der Waals surface area contributed by atoms with Crippen LogP contribution in [0.1, 0.15) is 93.0 Å². The summed E-state index contributed by atoms with van der Waals surface area (Å²) in [7, 11) is 0. The van der Waals surface area contributed by atoms with Crippen molar-refractivity contribution in [1.82, 2.24) is 0 Å². The van der Waals surface area contributed by atoms with Gasteiger partial charge in [-0.3, -0.25) is 4.79 Å². The number of aromatic nitrogens is 1. The van der Waals surface area contributed by atoms with Gasteiger partial charge in [0.25, 0.3) is 0 Å². The van der Waals surface area contributed by atoms with Crippen LogP contribution in [0, 0.1) is 0 Å². The van der Waals surface area contributed by atoms with Crippen LogP contribution in [-0.4, -0.2) is 11.9 Å². The molecule has 2 nitrogen and oxygen atoms in total. The van der Waals surface area contributed by atoms with Crippen LogP contribution in [0.2, 0.25) is 0 Å². The van der Waals surface area contributed by atoms with Crippen molar-refractivity contribution in [2.24, 2.45) is 0 Å². The van der Waals surface area contributed by atoms with Crippen molar-refractivity contribution in [1.29, 1.82) is 0 Å². The molecule has 1 aromatic heterocycles. The van der Waals surface area contributed by atoms with Gasteiger partial charge in [0.1, 0.15) is 6.15 Å². The summed E-state index contributed by atoms with van der Waals surface area (Å²) >= 11 is 0. The lowest BCUT2D eigenvalue weighted by molar-refractivity contribution is -0.683. The molecule has 78 heavy (non-hydrogen) atoms. The van der Waals surface area contributed by atoms with Crippen LogP contribution in [0.25, 0.3) is 0 Å². The van der Waals surface area contributed by atoms with Crippen LogP contribution in [0.3, 0.4) is 0 Å². The van der Waals surface area contributed by atoms with Gasteiger partial charge in [-0.05, 0) is 42.7 Å². The van der Waals surface area contributed by atoms with Gasteiger partial charge >= 0.3 is 49.4 Å². The first-order chi connectivity index (χ1) is 35.6. The van der Waals surface area contributed by atoms with Gasteiger partial charge in [0.15, 0.2) is 12.4 Å². The maximum absolute atomic E-state index is 14.2. The Morgan fingerprint density at radius 1 is 0.372 bits per heavy atom. The summed E-state index contributed by atoms with van der Waals surface area (Å²) < 4.78 is 343. The van der Waals surface area contributed by atoms with E-state index in [-0.39, 0.29) is 5.78 Å². The van der Waals surface area contributed by atoms with Gasteiger partial charge in [0.05, 0.1) is 44.5 Å². The third kappa shape index (κ3) is 15.3. The van der Waals surface area contributed by atoms with E-state index in [0.29, 0.717) is 6.54 Å². The number of benzene rings is 5. The summed E-state index contributed by atoms with van der Waals surface area (Å²) in [6.45, 7) is 2.63. The highest BCUT2D eigenvalue weighted by Gasteiger charge is 2.47. The van der Waals surface area contributed by atoms with Crippen molar-refractivity contribution in [3.8, 4) is 0 Å². The maximum atomic E-state index is 14.2. The van der Waals surface area contributed by atoms with Gasteiger partial charge in [-0.2, -0.15) is 132 Å². The number of hydrogen-bond acceptors (Lipinski definition) is 1. The number of aryl methyl sites for hydroxylation is 1. The van der Waals surface area contributed by atoms with Gasteiger partial charge in [0, 0.05) is 17.7 Å². The van der Waals surface area contributed by atoms with Crippen LogP contribution < -0.4 is 26.4 Å². The number of hydrogen-bond donors (Lipinski definition) is 0. The molecule has 0 fully saturated rings. The normalized spacial score (nSPS) is 13.3. The number of alkyl halides is 24. The second kappa shape index (κ2) is 22.6. The molecule has 6 rings (SSSR count). The van der Waals surface area contributed by atoms with Crippen LogP contribution in [0.5, 0.6) is 0 Å². The number of pyridine rings is 1. The Morgan fingerprint density at radius 2 is 0.641 bits per heavy atom. The minimum atomic E-state index is -6.13. The molecule has 422 valence electrons. The Labute approximate surface area is 426 Å². The van der Waals surface area contributed by atoms with Gasteiger partial charge in [0.2, 0.25) is 12.3 Å². The molecule has 6 aromatic rings. The quantitative estimate of drug-likeness (QED) is 0.0393. The van der Waals surface area contributed by atoms with Crippen LogP contribution >= 0.6 is 0 Å². The fraction of sp³-hybridized carbons (Fsp3) is 0.294. The number of carbonyl (C=O) groups is 1. The second-order valence-electron chi connectivity index (χ2n) is 17.7. The largest absolute Gasteiger partial charge is 0.416 e. The number of Topliss-reactive ketones (excluding diaryl/α,β-unsaturated/α-hetero) is 1. The topological polar surface area (TPSA) is 20.9 Å². The number of carbonyl (C=O) groups excluding carboxylic acids is 1. The zero-order valence-electron chi connectivity index (χ0n) is 39.4. The van der Waals surface area contributed by atoms with Crippen LogP contribution in [0.4, 0.5) is 105 Å². The first kappa shape index (κ1) is 62.2. The molecule has 0 aliphatic rings. The van der Waals surface area contributed by atoms with E-state index in [1.165, 1.54) is 31.2 Å². The minimum absolute atomic E-state index is 0.149. The molecule has 0 amide bonds.